The topological polar surface area (TPSA) is 44.3 Å². The fraction of sp³-hybridized carbons (Fsp3) is 0. The highest BCUT2D eigenvalue weighted by Gasteiger charge is 2.13. The Hall–Kier alpha value is -2.26. The number of phenolic OH excluding ortho intramolecular Hbond substituents is 2. The van der Waals surface area contributed by atoms with Gasteiger partial charge in [-0.2, -0.15) is 4.57 Å². The first kappa shape index (κ1) is 13.2. The molecule has 2 N–H and O–H groups in total. The van der Waals surface area contributed by atoms with E-state index >= 15 is 0 Å². The predicted molar refractivity (Wildman–Crippen MR) is 68.8 cm³/mol. The van der Waals surface area contributed by atoms with Crippen molar-refractivity contribution in [3.63, 3.8) is 0 Å². The molecule has 1 heterocycles. The van der Waals surface area contributed by atoms with E-state index in [1.54, 1.807) is 4.57 Å². The van der Waals surface area contributed by atoms with Crippen LogP contribution in [0.4, 0.5) is 0 Å². The van der Waals surface area contributed by atoms with Crippen LogP contribution in [0.15, 0.2) is 60.9 Å². The molecule has 0 spiro atoms. The SMILES string of the molecule is Oc1ccc(O)c(-[n+]2ccc3ccccc3c2)c1.[Cl-]. The van der Waals surface area contributed by atoms with Gasteiger partial charge in [-0.3, -0.25) is 0 Å². The lowest BCUT2D eigenvalue weighted by Crippen LogP contribution is -3.00. The van der Waals surface area contributed by atoms with E-state index < -0.39 is 0 Å². The van der Waals surface area contributed by atoms with Crippen molar-refractivity contribution in [2.45, 2.75) is 0 Å². The Bertz CT molecular complexity index is 728. The molecule has 2 aromatic carbocycles. The Morgan fingerprint density at radius 2 is 1.58 bits per heavy atom. The maximum absolute atomic E-state index is 9.83. The molecule has 3 aromatic rings. The first-order valence-electron chi connectivity index (χ1n) is 5.66. The summed E-state index contributed by atoms with van der Waals surface area (Å²) in [6.45, 7) is 0. The van der Waals surface area contributed by atoms with Crippen molar-refractivity contribution in [3.8, 4) is 17.2 Å². The first-order valence-corrected chi connectivity index (χ1v) is 5.66. The Kier molecular flexibility index (Phi) is 3.58. The molecule has 4 heteroatoms. The Morgan fingerprint density at radius 1 is 0.842 bits per heavy atom. The zero-order chi connectivity index (χ0) is 12.5. The summed E-state index contributed by atoms with van der Waals surface area (Å²) in [5.74, 6) is 0.261. The summed E-state index contributed by atoms with van der Waals surface area (Å²) < 4.78 is 1.79. The standard InChI is InChI=1S/C15H11NO2.ClH/c17-13-5-6-15(18)14(9-13)16-8-7-11-3-1-2-4-12(11)10-16;/h1-10H,(H-,17,18);1H. The summed E-state index contributed by atoms with van der Waals surface area (Å²) in [6.07, 6.45) is 3.78. The van der Waals surface area contributed by atoms with Crippen LogP contribution in [-0.4, -0.2) is 10.2 Å². The van der Waals surface area contributed by atoms with Gasteiger partial charge in [-0.1, -0.05) is 18.2 Å². The van der Waals surface area contributed by atoms with Gasteiger partial charge in [0.25, 0.3) is 5.69 Å². The molecule has 0 aliphatic rings. The van der Waals surface area contributed by atoms with Gasteiger partial charge < -0.3 is 22.6 Å². The molecule has 0 saturated carbocycles. The molecule has 0 aliphatic heterocycles. The van der Waals surface area contributed by atoms with Crippen molar-refractivity contribution in [2.24, 2.45) is 0 Å². The number of rotatable bonds is 1. The van der Waals surface area contributed by atoms with Crippen LogP contribution in [-0.2, 0) is 0 Å². The predicted octanol–water partition coefficient (Wildman–Crippen LogP) is -0.468. The van der Waals surface area contributed by atoms with E-state index in [2.05, 4.69) is 0 Å². The number of benzene rings is 2. The largest absolute Gasteiger partial charge is 1.00 e. The van der Waals surface area contributed by atoms with E-state index in [1.807, 2.05) is 42.7 Å². The van der Waals surface area contributed by atoms with Crippen LogP contribution in [0.2, 0.25) is 0 Å². The van der Waals surface area contributed by atoms with E-state index in [0.29, 0.717) is 5.69 Å². The minimum absolute atomic E-state index is 0. The number of phenols is 2. The molecule has 19 heavy (non-hydrogen) atoms. The molecule has 1 aromatic heterocycles. The van der Waals surface area contributed by atoms with Gasteiger partial charge in [0, 0.05) is 11.5 Å². The second-order valence-electron chi connectivity index (χ2n) is 4.15. The number of hydrogen-bond acceptors (Lipinski definition) is 2. The van der Waals surface area contributed by atoms with Crippen molar-refractivity contribution in [1.82, 2.24) is 0 Å². The van der Waals surface area contributed by atoms with E-state index in [1.165, 1.54) is 18.2 Å². The summed E-state index contributed by atoms with van der Waals surface area (Å²) in [5.41, 5.74) is 0.556. The fourth-order valence-corrected chi connectivity index (χ4v) is 2.00. The van der Waals surface area contributed by atoms with Crippen LogP contribution < -0.4 is 17.0 Å². The minimum atomic E-state index is 0. The van der Waals surface area contributed by atoms with E-state index in [0.717, 1.165) is 10.8 Å². The lowest BCUT2D eigenvalue weighted by molar-refractivity contribution is -0.594. The monoisotopic (exact) mass is 273 g/mol. The highest BCUT2D eigenvalue weighted by molar-refractivity contribution is 5.80. The van der Waals surface area contributed by atoms with Gasteiger partial charge in [-0.05, 0) is 23.6 Å². The normalized spacial score (nSPS) is 10.1. The van der Waals surface area contributed by atoms with E-state index in [9.17, 15) is 10.2 Å². The third kappa shape index (κ3) is 2.46. The van der Waals surface area contributed by atoms with Crippen molar-refractivity contribution in [3.05, 3.63) is 60.9 Å². The quantitative estimate of drug-likeness (QED) is 0.465. The molecule has 0 bridgehead atoms. The Morgan fingerprint density at radius 3 is 2.37 bits per heavy atom. The third-order valence-corrected chi connectivity index (χ3v) is 2.93. The summed E-state index contributed by atoms with van der Waals surface area (Å²) in [6, 6.07) is 14.4. The third-order valence-electron chi connectivity index (χ3n) is 2.93. The molecular weight excluding hydrogens is 262 g/mol. The molecule has 0 aliphatic carbocycles. The average Bonchev–Trinajstić information content (AvgIpc) is 2.41. The van der Waals surface area contributed by atoms with Gasteiger partial charge in [-0.15, -0.1) is 0 Å². The number of nitrogens with zero attached hydrogens (tertiary/aromatic N) is 1. The Labute approximate surface area is 116 Å². The van der Waals surface area contributed by atoms with E-state index in [-0.39, 0.29) is 23.9 Å². The van der Waals surface area contributed by atoms with Gasteiger partial charge in [0.05, 0.1) is 6.07 Å². The number of aromatic nitrogens is 1. The zero-order valence-corrected chi connectivity index (χ0v) is 10.7. The Balaban J connectivity index is 0.00000133. The highest BCUT2D eigenvalue weighted by Crippen LogP contribution is 2.22. The fourth-order valence-electron chi connectivity index (χ4n) is 2.00. The lowest BCUT2D eigenvalue weighted by atomic mass is 10.2. The second kappa shape index (κ2) is 5.16. The van der Waals surface area contributed by atoms with Crippen LogP contribution in [0.3, 0.4) is 0 Å². The summed E-state index contributed by atoms with van der Waals surface area (Å²) in [5, 5.41) is 21.5. The maximum atomic E-state index is 9.83. The van der Waals surface area contributed by atoms with Crippen LogP contribution in [0, 0.1) is 0 Å². The maximum Gasteiger partial charge on any atom is 0.256 e. The number of hydrogen-bond donors (Lipinski definition) is 2. The van der Waals surface area contributed by atoms with Crippen molar-refractivity contribution in [2.75, 3.05) is 0 Å². The number of halogens is 1. The molecule has 0 atom stereocenters. The van der Waals surface area contributed by atoms with Crippen molar-refractivity contribution >= 4 is 10.8 Å². The van der Waals surface area contributed by atoms with Crippen LogP contribution in [0.25, 0.3) is 16.5 Å². The number of aromatic hydroxyl groups is 2. The molecule has 0 fully saturated rings. The van der Waals surface area contributed by atoms with Gasteiger partial charge in [0.15, 0.2) is 18.1 Å². The minimum Gasteiger partial charge on any atom is -1.00 e. The molecule has 3 nitrogen and oxygen atoms in total. The van der Waals surface area contributed by atoms with Crippen LogP contribution >= 0.6 is 0 Å². The molecule has 0 radical (unpaired) electrons. The second-order valence-corrected chi connectivity index (χ2v) is 4.15. The summed E-state index contributed by atoms with van der Waals surface area (Å²) in [7, 11) is 0. The zero-order valence-electron chi connectivity index (χ0n) is 9.99. The molecule has 3 rings (SSSR count). The van der Waals surface area contributed by atoms with Gasteiger partial charge in [-0.25, -0.2) is 0 Å². The summed E-state index contributed by atoms with van der Waals surface area (Å²) in [4.78, 5) is 0. The molecule has 0 unspecified atom stereocenters. The summed E-state index contributed by atoms with van der Waals surface area (Å²) >= 11 is 0. The lowest BCUT2D eigenvalue weighted by Gasteiger charge is -2.01. The molecule has 0 saturated heterocycles. The van der Waals surface area contributed by atoms with Crippen LogP contribution in [0.5, 0.6) is 11.5 Å². The number of pyridine rings is 1. The molecule has 96 valence electrons. The number of fused-ring (bicyclic) bond motifs is 1. The smallest absolute Gasteiger partial charge is 0.256 e. The van der Waals surface area contributed by atoms with Gasteiger partial charge >= 0.3 is 0 Å². The highest BCUT2D eigenvalue weighted by atomic mass is 35.5. The van der Waals surface area contributed by atoms with E-state index in [4.69, 9.17) is 0 Å². The van der Waals surface area contributed by atoms with Crippen LogP contribution in [0.1, 0.15) is 0 Å². The van der Waals surface area contributed by atoms with Crippen molar-refractivity contribution < 1.29 is 27.2 Å². The first-order chi connectivity index (χ1) is 8.74. The van der Waals surface area contributed by atoms with Crippen molar-refractivity contribution in [1.29, 1.82) is 0 Å². The van der Waals surface area contributed by atoms with Gasteiger partial charge in [0.2, 0.25) is 0 Å². The molecule has 0 amide bonds. The van der Waals surface area contributed by atoms with Gasteiger partial charge in [0.1, 0.15) is 5.75 Å². The average molecular weight is 274 g/mol. The molecular formula is C15H12ClNO2.